The molecule has 0 radical (unpaired) electrons. The zero-order valence-corrected chi connectivity index (χ0v) is 23.1. The van der Waals surface area contributed by atoms with Crippen LogP contribution in [0.2, 0.25) is 5.02 Å². The normalized spacial score (nSPS) is 16.4. The van der Waals surface area contributed by atoms with Crippen molar-refractivity contribution in [3.05, 3.63) is 95.6 Å². The van der Waals surface area contributed by atoms with Crippen molar-refractivity contribution in [1.29, 1.82) is 0 Å². The van der Waals surface area contributed by atoms with Gasteiger partial charge in [-0.2, -0.15) is 0 Å². The zero-order valence-electron chi connectivity index (χ0n) is 21.5. The second-order valence-corrected chi connectivity index (χ2v) is 11.0. The molecule has 1 fully saturated rings. The number of carbonyl (C=O) groups is 2. The summed E-state index contributed by atoms with van der Waals surface area (Å²) < 4.78 is 5.89. The number of thiophene rings is 1. The molecule has 0 bridgehead atoms. The van der Waals surface area contributed by atoms with Gasteiger partial charge in [-0.3, -0.25) is 9.69 Å². The number of halogens is 1. The number of hydrogen-bond acceptors (Lipinski definition) is 6. The lowest BCUT2D eigenvalue weighted by Gasteiger charge is -2.35. The van der Waals surface area contributed by atoms with Crippen molar-refractivity contribution >= 4 is 62.2 Å². The van der Waals surface area contributed by atoms with Gasteiger partial charge in [0.15, 0.2) is 0 Å². The van der Waals surface area contributed by atoms with Crippen LogP contribution in [-0.4, -0.2) is 41.0 Å². The van der Waals surface area contributed by atoms with Gasteiger partial charge in [-0.05, 0) is 55.3 Å². The van der Waals surface area contributed by atoms with Gasteiger partial charge >= 0.3 is 6.03 Å². The molecule has 0 unspecified atom stereocenters. The SMILES string of the molecule is C=CC(=C)N1CCC[C@@H](NC(=O)c2sc3nccc4c3c2NC(=O)N4c2ccc(Oc3ccccc3)c(Cl)c2)C1. The number of rotatable bonds is 7. The quantitative estimate of drug-likeness (QED) is 0.227. The Kier molecular flexibility index (Phi) is 6.91. The first-order chi connectivity index (χ1) is 19.4. The number of allylic oxidation sites excluding steroid dienone is 1. The van der Waals surface area contributed by atoms with E-state index < -0.39 is 6.03 Å². The maximum Gasteiger partial charge on any atom is 0.331 e. The summed E-state index contributed by atoms with van der Waals surface area (Å²) in [5.41, 5.74) is 2.50. The number of aromatic nitrogens is 1. The summed E-state index contributed by atoms with van der Waals surface area (Å²) in [6.07, 6.45) is 5.17. The predicted molar refractivity (Wildman–Crippen MR) is 160 cm³/mol. The van der Waals surface area contributed by atoms with Crippen LogP contribution < -0.4 is 20.3 Å². The maximum absolute atomic E-state index is 13.5. The number of urea groups is 1. The number of likely N-dealkylation sites (tertiary alicyclic amines) is 1. The van der Waals surface area contributed by atoms with E-state index in [9.17, 15) is 9.59 Å². The van der Waals surface area contributed by atoms with E-state index in [-0.39, 0.29) is 11.9 Å². The molecule has 202 valence electrons. The highest BCUT2D eigenvalue weighted by Gasteiger charge is 2.34. The van der Waals surface area contributed by atoms with Crippen LogP contribution in [-0.2, 0) is 0 Å². The third-order valence-corrected chi connectivity index (χ3v) is 8.39. The lowest BCUT2D eigenvalue weighted by molar-refractivity contribution is 0.0920. The molecule has 0 saturated carbocycles. The Balaban J connectivity index is 1.29. The molecule has 1 atom stereocenters. The van der Waals surface area contributed by atoms with Crippen LogP contribution in [0, 0.1) is 0 Å². The number of para-hydroxylation sites is 1. The molecule has 4 heterocycles. The Bertz CT molecular complexity index is 1650. The van der Waals surface area contributed by atoms with Crippen LogP contribution in [0.5, 0.6) is 11.5 Å². The Hall–Kier alpha value is -4.34. The van der Waals surface area contributed by atoms with Gasteiger partial charge in [-0.25, -0.2) is 9.78 Å². The number of nitrogens with one attached hydrogen (secondary N) is 2. The number of nitrogens with zero attached hydrogens (tertiary/aromatic N) is 3. The van der Waals surface area contributed by atoms with Crippen molar-refractivity contribution in [2.75, 3.05) is 23.3 Å². The molecule has 6 rings (SSSR count). The average Bonchev–Trinajstić information content (AvgIpc) is 3.34. The third-order valence-electron chi connectivity index (χ3n) is 7.00. The van der Waals surface area contributed by atoms with Crippen LogP contribution in [0.25, 0.3) is 10.2 Å². The van der Waals surface area contributed by atoms with Crippen LogP contribution in [0.1, 0.15) is 22.5 Å². The Morgan fingerprint density at radius 3 is 2.83 bits per heavy atom. The largest absolute Gasteiger partial charge is 0.456 e. The molecule has 4 aromatic rings. The first-order valence-electron chi connectivity index (χ1n) is 12.8. The number of benzene rings is 2. The van der Waals surface area contributed by atoms with Gasteiger partial charge in [0, 0.05) is 31.0 Å². The number of carbonyl (C=O) groups excluding carboxylic acids is 2. The van der Waals surface area contributed by atoms with Crippen molar-refractivity contribution in [3.63, 3.8) is 0 Å². The van der Waals surface area contributed by atoms with E-state index in [2.05, 4.69) is 33.7 Å². The summed E-state index contributed by atoms with van der Waals surface area (Å²) >= 11 is 7.82. The van der Waals surface area contributed by atoms with E-state index in [4.69, 9.17) is 16.3 Å². The molecule has 0 aliphatic carbocycles. The first kappa shape index (κ1) is 25.9. The smallest absolute Gasteiger partial charge is 0.331 e. The number of piperidine rings is 1. The van der Waals surface area contributed by atoms with Crippen molar-refractivity contribution in [3.8, 4) is 11.5 Å². The molecule has 1 saturated heterocycles. The minimum Gasteiger partial charge on any atom is -0.456 e. The highest BCUT2D eigenvalue weighted by atomic mass is 35.5. The molecular weight excluding hydrogens is 546 g/mol. The first-order valence-corrected chi connectivity index (χ1v) is 14.0. The van der Waals surface area contributed by atoms with Gasteiger partial charge in [0.05, 0.1) is 27.5 Å². The Morgan fingerprint density at radius 1 is 1.23 bits per heavy atom. The molecule has 3 amide bonds. The maximum atomic E-state index is 13.5. The summed E-state index contributed by atoms with van der Waals surface area (Å²) in [6, 6.07) is 15.8. The van der Waals surface area contributed by atoms with Crippen LogP contribution in [0.3, 0.4) is 0 Å². The average molecular weight is 572 g/mol. The van der Waals surface area contributed by atoms with E-state index in [1.54, 1.807) is 36.5 Å². The molecule has 10 heteroatoms. The van der Waals surface area contributed by atoms with Crippen molar-refractivity contribution in [2.24, 2.45) is 0 Å². The lowest BCUT2D eigenvalue weighted by atomic mass is 10.0. The zero-order chi connectivity index (χ0) is 27.8. The molecule has 40 heavy (non-hydrogen) atoms. The fourth-order valence-electron chi connectivity index (χ4n) is 5.06. The summed E-state index contributed by atoms with van der Waals surface area (Å²) in [5.74, 6) is 0.894. The topological polar surface area (TPSA) is 86.8 Å². The second kappa shape index (κ2) is 10.7. The monoisotopic (exact) mass is 571 g/mol. The van der Waals surface area contributed by atoms with Crippen LogP contribution in [0.15, 0.2) is 85.7 Å². The highest BCUT2D eigenvalue weighted by molar-refractivity contribution is 7.21. The van der Waals surface area contributed by atoms with Crippen LogP contribution >= 0.6 is 22.9 Å². The minimum atomic E-state index is -0.397. The summed E-state index contributed by atoms with van der Waals surface area (Å²) in [5, 5.41) is 7.15. The summed E-state index contributed by atoms with van der Waals surface area (Å²) in [4.78, 5) is 36.1. The molecule has 2 aliphatic heterocycles. The van der Waals surface area contributed by atoms with Gasteiger partial charge in [0.25, 0.3) is 5.91 Å². The van der Waals surface area contributed by atoms with Gasteiger partial charge in [-0.1, -0.05) is 43.0 Å². The molecule has 2 aromatic carbocycles. The fourth-order valence-corrected chi connectivity index (χ4v) is 6.30. The number of anilines is 3. The molecule has 0 spiro atoms. The summed E-state index contributed by atoms with van der Waals surface area (Å²) in [7, 11) is 0. The number of amides is 3. The fraction of sp³-hybridized carbons (Fsp3) is 0.167. The number of hydrogen-bond donors (Lipinski definition) is 2. The molecule has 2 aliphatic rings. The molecule has 2 aromatic heterocycles. The van der Waals surface area contributed by atoms with Gasteiger partial charge in [0.1, 0.15) is 21.2 Å². The highest BCUT2D eigenvalue weighted by Crippen LogP contribution is 2.46. The number of pyridine rings is 1. The molecule has 2 N–H and O–H groups in total. The van der Waals surface area contributed by atoms with Crippen molar-refractivity contribution in [2.45, 2.75) is 18.9 Å². The second-order valence-electron chi connectivity index (χ2n) is 9.57. The van der Waals surface area contributed by atoms with Crippen molar-refractivity contribution in [1.82, 2.24) is 15.2 Å². The number of ether oxygens (including phenoxy) is 1. The Labute approximate surface area is 240 Å². The van der Waals surface area contributed by atoms with E-state index in [1.807, 2.05) is 30.3 Å². The standard InChI is InChI=1S/C30H26ClN5O3S/c1-3-18(2)35-15-7-8-19(17-35)33-28(37)27-26-25-23(13-14-32-29(25)40-27)36(30(38)34-26)20-11-12-24(22(31)16-20)39-21-9-5-4-6-10-21/h3-6,9-14,16,19H,1-2,7-8,15,17H2,(H,33,37)(H,34,38)/t19-/m1/s1. The predicted octanol–water partition coefficient (Wildman–Crippen LogP) is 7.32. The minimum absolute atomic E-state index is 0.0441. The molecular formula is C30H26ClN5O3S. The third kappa shape index (κ3) is 4.78. The van der Waals surface area contributed by atoms with E-state index >= 15 is 0 Å². The van der Waals surface area contributed by atoms with Crippen molar-refractivity contribution < 1.29 is 14.3 Å². The Morgan fingerprint density at radius 2 is 2.05 bits per heavy atom. The molecule has 8 nitrogen and oxygen atoms in total. The van der Waals surface area contributed by atoms with Gasteiger partial charge in [0.2, 0.25) is 0 Å². The lowest BCUT2D eigenvalue weighted by Crippen LogP contribution is -2.47. The van der Waals surface area contributed by atoms with Gasteiger partial charge in [-0.15, -0.1) is 11.3 Å². The van der Waals surface area contributed by atoms with E-state index in [1.165, 1.54) is 16.2 Å². The van der Waals surface area contributed by atoms with Gasteiger partial charge < -0.3 is 20.3 Å². The van der Waals surface area contributed by atoms with E-state index in [0.29, 0.717) is 55.2 Å². The van der Waals surface area contributed by atoms with Crippen LogP contribution in [0.4, 0.5) is 21.9 Å². The summed E-state index contributed by atoms with van der Waals surface area (Å²) in [6.45, 7) is 9.37. The van der Waals surface area contributed by atoms with E-state index in [0.717, 1.165) is 25.1 Å².